The molecule has 0 saturated heterocycles. The number of hydrogen-bond acceptors (Lipinski definition) is 2. The predicted molar refractivity (Wildman–Crippen MR) is 96.6 cm³/mol. The van der Waals surface area contributed by atoms with Gasteiger partial charge in [0, 0.05) is 45.3 Å². The first kappa shape index (κ1) is 13.9. The summed E-state index contributed by atoms with van der Waals surface area (Å²) in [5, 5.41) is 1.92. The van der Waals surface area contributed by atoms with Crippen LogP contribution in [-0.4, -0.2) is 19.9 Å². The van der Waals surface area contributed by atoms with Gasteiger partial charge in [-0.3, -0.25) is 0 Å². The molecular weight excluding hydrogens is 315 g/mol. The normalized spacial score (nSPS) is 11.4. The molecule has 0 saturated carbocycles. The van der Waals surface area contributed by atoms with Crippen molar-refractivity contribution in [3.05, 3.63) is 73.1 Å². The molecule has 0 amide bonds. The van der Waals surface area contributed by atoms with Crippen LogP contribution < -0.4 is 0 Å². The Morgan fingerprint density at radius 3 is 2.20 bits per heavy atom. The van der Waals surface area contributed by atoms with Gasteiger partial charge in [-0.05, 0) is 30.3 Å². The number of aromatic nitrogens is 4. The van der Waals surface area contributed by atoms with Crippen LogP contribution in [0.3, 0.4) is 0 Å². The van der Waals surface area contributed by atoms with Crippen LogP contribution in [0.2, 0.25) is 0 Å². The summed E-state index contributed by atoms with van der Waals surface area (Å²) in [4.78, 5) is 15.2. The second kappa shape index (κ2) is 5.27. The van der Waals surface area contributed by atoms with E-state index in [1.54, 1.807) is 12.4 Å². The second-order valence-electron chi connectivity index (χ2n) is 5.93. The molecular formula is C20H13FN4. The van der Waals surface area contributed by atoms with Gasteiger partial charge in [-0.1, -0.05) is 18.2 Å². The molecule has 0 radical (unpaired) electrons. The Kier molecular flexibility index (Phi) is 2.94. The Hall–Kier alpha value is -3.47. The lowest BCUT2D eigenvalue weighted by molar-refractivity contribution is 0.630. The fraction of sp³-hybridized carbons (Fsp3) is 0. The SMILES string of the molecule is Fc1ccc2[nH]cc(-c3cc(-c4c[nH]c5ccccc45)ncn3)c2c1. The van der Waals surface area contributed by atoms with E-state index in [9.17, 15) is 4.39 Å². The molecule has 2 aromatic carbocycles. The Bertz CT molecular complexity index is 1220. The first-order valence-electron chi connectivity index (χ1n) is 7.95. The number of rotatable bonds is 2. The van der Waals surface area contributed by atoms with E-state index in [4.69, 9.17) is 0 Å². The molecule has 5 heteroatoms. The molecule has 0 atom stereocenters. The highest BCUT2D eigenvalue weighted by atomic mass is 19.1. The number of para-hydroxylation sites is 1. The van der Waals surface area contributed by atoms with Crippen LogP contribution in [0.25, 0.3) is 44.3 Å². The molecule has 2 N–H and O–H groups in total. The minimum atomic E-state index is -0.265. The summed E-state index contributed by atoms with van der Waals surface area (Å²) < 4.78 is 13.6. The Morgan fingerprint density at radius 2 is 1.40 bits per heavy atom. The van der Waals surface area contributed by atoms with Gasteiger partial charge in [0.15, 0.2) is 0 Å². The van der Waals surface area contributed by atoms with Gasteiger partial charge in [0.05, 0.1) is 11.4 Å². The van der Waals surface area contributed by atoms with Crippen molar-refractivity contribution < 1.29 is 4.39 Å². The first-order chi connectivity index (χ1) is 12.3. The van der Waals surface area contributed by atoms with Crippen LogP contribution in [0.5, 0.6) is 0 Å². The van der Waals surface area contributed by atoms with E-state index < -0.39 is 0 Å². The van der Waals surface area contributed by atoms with Crippen molar-refractivity contribution in [2.24, 2.45) is 0 Å². The van der Waals surface area contributed by atoms with Gasteiger partial charge >= 0.3 is 0 Å². The third kappa shape index (κ3) is 2.21. The molecule has 0 aliphatic carbocycles. The van der Waals surface area contributed by atoms with Crippen LogP contribution in [0.4, 0.5) is 4.39 Å². The zero-order chi connectivity index (χ0) is 16.8. The number of hydrogen-bond donors (Lipinski definition) is 2. The number of benzene rings is 2. The largest absolute Gasteiger partial charge is 0.360 e. The molecule has 0 bridgehead atoms. The van der Waals surface area contributed by atoms with E-state index in [0.29, 0.717) is 0 Å². The van der Waals surface area contributed by atoms with Crippen molar-refractivity contribution in [2.45, 2.75) is 0 Å². The topological polar surface area (TPSA) is 57.4 Å². The van der Waals surface area contributed by atoms with Gasteiger partial charge in [-0.25, -0.2) is 14.4 Å². The number of H-pyrrole nitrogens is 2. The van der Waals surface area contributed by atoms with E-state index >= 15 is 0 Å². The number of nitrogens with zero attached hydrogens (tertiary/aromatic N) is 2. The summed E-state index contributed by atoms with van der Waals surface area (Å²) in [7, 11) is 0. The van der Waals surface area contributed by atoms with Gasteiger partial charge in [-0.15, -0.1) is 0 Å². The van der Waals surface area contributed by atoms with Crippen LogP contribution in [-0.2, 0) is 0 Å². The van der Waals surface area contributed by atoms with Gasteiger partial charge in [0.2, 0.25) is 0 Å². The maximum atomic E-state index is 13.6. The number of aromatic amines is 2. The monoisotopic (exact) mass is 328 g/mol. The molecule has 0 unspecified atom stereocenters. The Balaban J connectivity index is 1.69. The summed E-state index contributed by atoms with van der Waals surface area (Å²) >= 11 is 0. The van der Waals surface area contributed by atoms with Crippen molar-refractivity contribution >= 4 is 21.8 Å². The van der Waals surface area contributed by atoms with Crippen molar-refractivity contribution in [3.8, 4) is 22.5 Å². The number of nitrogens with one attached hydrogen (secondary N) is 2. The second-order valence-corrected chi connectivity index (χ2v) is 5.93. The van der Waals surface area contributed by atoms with E-state index in [0.717, 1.165) is 44.3 Å². The molecule has 0 aliphatic heterocycles. The fourth-order valence-electron chi connectivity index (χ4n) is 3.24. The maximum absolute atomic E-state index is 13.6. The molecule has 0 fully saturated rings. The average Bonchev–Trinajstić information content (AvgIpc) is 3.25. The minimum Gasteiger partial charge on any atom is -0.360 e. The standard InChI is InChI=1S/C20H13FN4/c21-12-5-6-18-14(7-12)16(10-23-18)20-8-19(24-11-25-20)15-9-22-17-4-2-1-3-13(15)17/h1-11,22-23H. The fourth-order valence-corrected chi connectivity index (χ4v) is 3.24. The summed E-state index contributed by atoms with van der Waals surface area (Å²) in [5.74, 6) is -0.265. The quantitative estimate of drug-likeness (QED) is 0.483. The van der Waals surface area contributed by atoms with Crippen molar-refractivity contribution in [1.29, 1.82) is 0 Å². The lowest BCUT2D eigenvalue weighted by Crippen LogP contribution is -1.88. The zero-order valence-electron chi connectivity index (χ0n) is 13.1. The van der Waals surface area contributed by atoms with Gasteiger partial charge < -0.3 is 9.97 Å². The Morgan fingerprint density at radius 1 is 0.720 bits per heavy atom. The first-order valence-corrected chi connectivity index (χ1v) is 7.95. The molecule has 120 valence electrons. The minimum absolute atomic E-state index is 0.265. The van der Waals surface area contributed by atoms with Gasteiger partial charge in [-0.2, -0.15) is 0 Å². The van der Waals surface area contributed by atoms with Crippen molar-refractivity contribution in [2.75, 3.05) is 0 Å². The lowest BCUT2D eigenvalue weighted by Gasteiger charge is -2.03. The number of fused-ring (bicyclic) bond motifs is 2. The molecule has 3 heterocycles. The van der Waals surface area contributed by atoms with Crippen LogP contribution in [0, 0.1) is 5.82 Å². The zero-order valence-corrected chi connectivity index (χ0v) is 13.1. The van der Waals surface area contributed by atoms with E-state index in [-0.39, 0.29) is 5.82 Å². The molecule has 0 spiro atoms. The maximum Gasteiger partial charge on any atom is 0.123 e. The van der Waals surface area contributed by atoms with E-state index in [2.05, 4.69) is 26.0 Å². The van der Waals surface area contributed by atoms with Gasteiger partial charge in [0.25, 0.3) is 0 Å². The van der Waals surface area contributed by atoms with Crippen LogP contribution in [0.15, 0.2) is 67.3 Å². The summed E-state index contributed by atoms with van der Waals surface area (Å²) in [6, 6.07) is 14.7. The van der Waals surface area contributed by atoms with E-state index in [1.165, 1.54) is 12.1 Å². The molecule has 5 rings (SSSR count). The van der Waals surface area contributed by atoms with Crippen LogP contribution >= 0.6 is 0 Å². The number of halogens is 1. The van der Waals surface area contributed by atoms with E-state index in [1.807, 2.05) is 36.7 Å². The highest BCUT2D eigenvalue weighted by Crippen LogP contribution is 2.32. The van der Waals surface area contributed by atoms with Crippen LogP contribution in [0.1, 0.15) is 0 Å². The molecule has 5 aromatic rings. The third-order valence-electron chi connectivity index (χ3n) is 4.45. The highest BCUT2D eigenvalue weighted by Gasteiger charge is 2.12. The molecule has 25 heavy (non-hydrogen) atoms. The lowest BCUT2D eigenvalue weighted by atomic mass is 10.1. The Labute approximate surface area is 142 Å². The highest BCUT2D eigenvalue weighted by molar-refractivity contribution is 5.97. The molecule has 3 aromatic heterocycles. The summed E-state index contributed by atoms with van der Waals surface area (Å²) in [6.07, 6.45) is 5.35. The molecule has 4 nitrogen and oxygen atoms in total. The average molecular weight is 328 g/mol. The molecule has 0 aliphatic rings. The summed E-state index contributed by atoms with van der Waals surface area (Å²) in [5.41, 5.74) is 5.40. The third-order valence-corrected chi connectivity index (χ3v) is 4.45. The smallest absolute Gasteiger partial charge is 0.123 e. The van der Waals surface area contributed by atoms with Crippen molar-refractivity contribution in [1.82, 2.24) is 19.9 Å². The summed E-state index contributed by atoms with van der Waals surface area (Å²) in [6.45, 7) is 0. The van der Waals surface area contributed by atoms with Crippen molar-refractivity contribution in [3.63, 3.8) is 0 Å². The van der Waals surface area contributed by atoms with Gasteiger partial charge in [0.1, 0.15) is 12.1 Å². The predicted octanol–water partition coefficient (Wildman–Crippen LogP) is 4.91.